The van der Waals surface area contributed by atoms with E-state index in [4.69, 9.17) is 9.47 Å². The van der Waals surface area contributed by atoms with Crippen LogP contribution in [0.2, 0.25) is 0 Å². The van der Waals surface area contributed by atoms with Gasteiger partial charge in [0.15, 0.2) is 0 Å². The van der Waals surface area contributed by atoms with Crippen LogP contribution >= 0.6 is 11.3 Å². The van der Waals surface area contributed by atoms with Crippen molar-refractivity contribution in [2.24, 2.45) is 13.0 Å². The minimum Gasteiger partial charge on any atom is -0.497 e. The first-order valence-corrected chi connectivity index (χ1v) is 13.2. The van der Waals surface area contributed by atoms with Crippen LogP contribution in [0.3, 0.4) is 0 Å². The summed E-state index contributed by atoms with van der Waals surface area (Å²) in [5.74, 6) is 1.83. The lowest BCUT2D eigenvalue weighted by molar-refractivity contribution is -0.129. The van der Waals surface area contributed by atoms with Crippen molar-refractivity contribution in [2.75, 3.05) is 13.7 Å². The minimum atomic E-state index is -0.141. The van der Waals surface area contributed by atoms with Crippen molar-refractivity contribution < 1.29 is 14.3 Å². The maximum atomic E-state index is 13.0. The lowest BCUT2D eigenvalue weighted by Crippen LogP contribution is -2.31. The van der Waals surface area contributed by atoms with Crippen molar-refractivity contribution in [3.8, 4) is 21.9 Å². The van der Waals surface area contributed by atoms with Crippen LogP contribution in [0.5, 0.6) is 11.5 Å². The lowest BCUT2D eigenvalue weighted by Gasteiger charge is -2.27. The van der Waals surface area contributed by atoms with Crippen molar-refractivity contribution in [3.63, 3.8) is 0 Å². The highest BCUT2D eigenvalue weighted by atomic mass is 32.1. The Kier molecular flexibility index (Phi) is 5.87. The lowest BCUT2D eigenvalue weighted by atomic mass is 10.0. The summed E-state index contributed by atoms with van der Waals surface area (Å²) in [5, 5.41) is 8.81. The average molecular weight is 516 g/mol. The van der Waals surface area contributed by atoms with Crippen LogP contribution in [0.15, 0.2) is 61.1 Å². The summed E-state index contributed by atoms with van der Waals surface area (Å²) in [6.45, 7) is 4.79. The number of fused-ring (bicyclic) bond motifs is 2. The predicted molar refractivity (Wildman–Crippen MR) is 144 cm³/mol. The molecule has 1 aromatic carbocycles. The molecular formula is C28H29N5O3S. The van der Waals surface area contributed by atoms with E-state index >= 15 is 0 Å². The molecule has 8 nitrogen and oxygen atoms in total. The molecule has 6 rings (SSSR count). The molecule has 5 heterocycles. The number of ether oxygens (including phenoxy) is 2. The molecule has 0 saturated carbocycles. The highest BCUT2D eigenvalue weighted by Gasteiger charge is 2.37. The van der Waals surface area contributed by atoms with Crippen LogP contribution in [-0.4, -0.2) is 50.0 Å². The van der Waals surface area contributed by atoms with E-state index in [-0.39, 0.29) is 24.0 Å². The summed E-state index contributed by atoms with van der Waals surface area (Å²) in [6, 6.07) is 14.1. The van der Waals surface area contributed by atoms with Gasteiger partial charge in [-0.05, 0) is 49.7 Å². The molecule has 0 bridgehead atoms. The van der Waals surface area contributed by atoms with Crippen LogP contribution in [0, 0.1) is 5.92 Å². The zero-order chi connectivity index (χ0) is 25.7. The molecule has 9 heteroatoms. The number of hydrogen-bond acceptors (Lipinski definition) is 6. The van der Waals surface area contributed by atoms with Gasteiger partial charge >= 0.3 is 0 Å². The fraction of sp³-hybridized carbons (Fsp3) is 0.321. The fourth-order valence-corrected chi connectivity index (χ4v) is 6.15. The molecule has 0 spiro atoms. The molecular weight excluding hydrogens is 486 g/mol. The Balaban J connectivity index is 1.23. The second kappa shape index (κ2) is 9.23. The summed E-state index contributed by atoms with van der Waals surface area (Å²) in [4.78, 5) is 16.1. The van der Waals surface area contributed by atoms with Gasteiger partial charge in [0.1, 0.15) is 23.1 Å². The number of pyridine rings is 1. The Labute approximate surface area is 219 Å². The predicted octanol–water partition coefficient (Wildman–Crippen LogP) is 5.34. The van der Waals surface area contributed by atoms with E-state index in [1.54, 1.807) is 24.6 Å². The van der Waals surface area contributed by atoms with Gasteiger partial charge in [0.2, 0.25) is 5.91 Å². The number of nitrogens with zero attached hydrogens (tertiary/aromatic N) is 5. The first-order valence-electron chi connectivity index (χ1n) is 12.4. The smallest absolute Gasteiger partial charge is 0.223 e. The van der Waals surface area contributed by atoms with E-state index in [9.17, 15) is 4.79 Å². The maximum absolute atomic E-state index is 13.0. The van der Waals surface area contributed by atoms with E-state index in [2.05, 4.69) is 36.2 Å². The van der Waals surface area contributed by atoms with E-state index in [0.717, 1.165) is 43.2 Å². The Bertz CT molecular complexity index is 1580. The van der Waals surface area contributed by atoms with Gasteiger partial charge in [0, 0.05) is 42.6 Å². The summed E-state index contributed by atoms with van der Waals surface area (Å²) < 4.78 is 16.7. The molecule has 3 atom stereocenters. The first kappa shape index (κ1) is 23.5. The van der Waals surface area contributed by atoms with Gasteiger partial charge in [-0.25, -0.2) is 4.52 Å². The van der Waals surface area contributed by atoms with Crippen molar-refractivity contribution in [3.05, 3.63) is 66.6 Å². The van der Waals surface area contributed by atoms with Crippen molar-refractivity contribution in [1.29, 1.82) is 0 Å². The van der Waals surface area contributed by atoms with E-state index in [1.807, 2.05) is 63.9 Å². The third-order valence-corrected chi connectivity index (χ3v) is 8.53. The number of hydrogen-bond donors (Lipinski definition) is 0. The summed E-state index contributed by atoms with van der Waals surface area (Å²) in [7, 11) is 3.61. The van der Waals surface area contributed by atoms with Gasteiger partial charge in [-0.1, -0.05) is 12.1 Å². The summed E-state index contributed by atoms with van der Waals surface area (Å²) in [5.41, 5.74) is 4.14. The second-order valence-electron chi connectivity index (χ2n) is 9.66. The molecule has 1 fully saturated rings. The molecule has 1 aliphatic heterocycles. The standard InChI is InChI=1S/C28H29N5O3S/c1-17(19-5-7-22(35-4)8-6-19)32-15-20(12-28(32)34)18(2)36-25-11-21(16-33-23(25)9-10-29-33)26-13-24-27(37-26)14-30-31(24)3/h5-11,13-14,16-18,20H,12,15H2,1-4H3. The normalized spacial score (nSPS) is 17.6. The van der Waals surface area contributed by atoms with Gasteiger partial charge in [-0.3, -0.25) is 9.48 Å². The topological polar surface area (TPSA) is 73.9 Å². The van der Waals surface area contributed by atoms with Gasteiger partial charge < -0.3 is 14.4 Å². The molecule has 0 N–H and O–H groups in total. The molecule has 5 aromatic rings. The SMILES string of the molecule is COc1ccc(C(C)N2CC(C(C)Oc3cc(-c4cc5c(cnn5C)s4)cn4nccc34)CC2=O)cc1. The van der Waals surface area contributed by atoms with Crippen molar-refractivity contribution >= 4 is 33.0 Å². The number of carbonyl (C=O) groups excluding carboxylic acids is 1. The number of thiophene rings is 1. The molecule has 37 heavy (non-hydrogen) atoms. The van der Waals surface area contributed by atoms with Crippen LogP contribution in [0.1, 0.15) is 31.9 Å². The summed E-state index contributed by atoms with van der Waals surface area (Å²) in [6.07, 6.45) is 6.04. The van der Waals surface area contributed by atoms with Crippen molar-refractivity contribution in [2.45, 2.75) is 32.4 Å². The van der Waals surface area contributed by atoms with Crippen LogP contribution in [0.25, 0.3) is 26.2 Å². The van der Waals surface area contributed by atoms with E-state index < -0.39 is 0 Å². The maximum Gasteiger partial charge on any atom is 0.223 e. The molecule has 3 unspecified atom stereocenters. The minimum absolute atomic E-state index is 0.0112. The van der Waals surface area contributed by atoms with Gasteiger partial charge in [0.05, 0.1) is 35.8 Å². The fourth-order valence-electron chi connectivity index (χ4n) is 5.12. The van der Waals surface area contributed by atoms with Gasteiger partial charge in [-0.15, -0.1) is 11.3 Å². The third kappa shape index (κ3) is 4.23. The Morgan fingerprint density at radius 3 is 2.65 bits per heavy atom. The molecule has 1 aliphatic rings. The van der Waals surface area contributed by atoms with Gasteiger partial charge in [0.25, 0.3) is 0 Å². The Morgan fingerprint density at radius 1 is 1.08 bits per heavy atom. The quantitative estimate of drug-likeness (QED) is 0.293. The highest BCUT2D eigenvalue weighted by Crippen LogP contribution is 2.37. The number of benzene rings is 1. The molecule has 4 aromatic heterocycles. The molecule has 1 saturated heterocycles. The number of amides is 1. The van der Waals surface area contributed by atoms with Crippen LogP contribution in [-0.2, 0) is 11.8 Å². The Morgan fingerprint density at radius 2 is 1.89 bits per heavy atom. The van der Waals surface area contributed by atoms with Gasteiger partial charge in [-0.2, -0.15) is 10.2 Å². The molecule has 1 amide bonds. The largest absolute Gasteiger partial charge is 0.497 e. The molecule has 0 radical (unpaired) electrons. The third-order valence-electron chi connectivity index (χ3n) is 7.42. The molecule has 0 aliphatic carbocycles. The second-order valence-corrected chi connectivity index (χ2v) is 10.7. The monoisotopic (exact) mass is 515 g/mol. The number of methoxy groups -OCH3 is 1. The van der Waals surface area contributed by atoms with Crippen molar-refractivity contribution in [1.82, 2.24) is 24.3 Å². The van der Waals surface area contributed by atoms with Crippen LogP contribution < -0.4 is 9.47 Å². The average Bonchev–Trinajstić information content (AvgIpc) is 3.69. The number of carbonyl (C=O) groups is 1. The van der Waals surface area contributed by atoms with E-state index in [0.29, 0.717) is 13.0 Å². The van der Waals surface area contributed by atoms with E-state index in [1.165, 1.54) is 0 Å². The van der Waals surface area contributed by atoms with Crippen LogP contribution in [0.4, 0.5) is 0 Å². The zero-order valence-corrected chi connectivity index (χ0v) is 22.1. The number of likely N-dealkylation sites (tertiary alicyclic amines) is 1. The highest BCUT2D eigenvalue weighted by molar-refractivity contribution is 7.22. The number of aryl methyl sites for hydroxylation is 1. The molecule has 190 valence electrons. The first-order chi connectivity index (χ1) is 17.9. The zero-order valence-electron chi connectivity index (χ0n) is 21.3. The summed E-state index contributed by atoms with van der Waals surface area (Å²) >= 11 is 1.70. The number of aromatic nitrogens is 4. The Hall–Kier alpha value is -3.85. The number of rotatable bonds is 7.